The van der Waals surface area contributed by atoms with Gasteiger partial charge in [-0.15, -0.1) is 0 Å². The van der Waals surface area contributed by atoms with Gasteiger partial charge in [0.2, 0.25) is 0 Å². The van der Waals surface area contributed by atoms with Crippen molar-refractivity contribution in [1.82, 2.24) is 0 Å². The van der Waals surface area contributed by atoms with Crippen LogP contribution in [0.25, 0.3) is 5.57 Å². The van der Waals surface area contributed by atoms with Crippen LogP contribution in [0, 0.1) is 5.41 Å². The first kappa shape index (κ1) is 15.1. The zero-order valence-corrected chi connectivity index (χ0v) is 12.7. The van der Waals surface area contributed by atoms with Gasteiger partial charge in [0.05, 0.1) is 19.5 Å². The number of rotatable bonds is 7. The van der Waals surface area contributed by atoms with E-state index < -0.39 is 0 Å². The molecule has 0 aliphatic carbocycles. The molecule has 2 heteroatoms. The molecule has 0 bridgehead atoms. The molecule has 2 nitrogen and oxygen atoms in total. The van der Waals surface area contributed by atoms with Crippen LogP contribution in [0.4, 0.5) is 0 Å². The van der Waals surface area contributed by atoms with Crippen LogP contribution >= 0.6 is 0 Å². The molecule has 2 rings (SSSR count). The van der Waals surface area contributed by atoms with Crippen LogP contribution in [0.1, 0.15) is 45.1 Å². The highest BCUT2D eigenvalue weighted by atomic mass is 16.5. The van der Waals surface area contributed by atoms with Gasteiger partial charge in [-0.3, -0.25) is 0 Å². The summed E-state index contributed by atoms with van der Waals surface area (Å²) in [7, 11) is 0. The standard InChI is InChI=1S/C18H26O2/c1-3-18(11-13-20-15-18)10-7-12-19-14-16(2)17-8-5-4-6-9-17/h4-6,8-9,14H,3,7,10-13,15H2,1-2H3/b16-14-. The predicted molar refractivity (Wildman–Crippen MR) is 83.4 cm³/mol. The van der Waals surface area contributed by atoms with Crippen LogP contribution in [-0.4, -0.2) is 19.8 Å². The van der Waals surface area contributed by atoms with E-state index in [2.05, 4.69) is 38.1 Å². The first-order chi connectivity index (χ1) is 9.76. The van der Waals surface area contributed by atoms with Crippen LogP contribution in [0.15, 0.2) is 36.6 Å². The molecule has 0 aromatic heterocycles. The van der Waals surface area contributed by atoms with Crippen molar-refractivity contribution in [2.75, 3.05) is 19.8 Å². The first-order valence-corrected chi connectivity index (χ1v) is 7.67. The van der Waals surface area contributed by atoms with E-state index in [9.17, 15) is 0 Å². The smallest absolute Gasteiger partial charge is 0.0873 e. The zero-order valence-electron chi connectivity index (χ0n) is 12.7. The number of allylic oxidation sites excluding steroid dienone is 1. The van der Waals surface area contributed by atoms with Gasteiger partial charge in [-0.1, -0.05) is 37.3 Å². The van der Waals surface area contributed by atoms with E-state index in [0.717, 1.165) is 26.2 Å². The second kappa shape index (κ2) is 7.49. The minimum absolute atomic E-state index is 0.418. The fourth-order valence-corrected chi connectivity index (χ4v) is 2.79. The summed E-state index contributed by atoms with van der Waals surface area (Å²) >= 11 is 0. The maximum Gasteiger partial charge on any atom is 0.0873 e. The van der Waals surface area contributed by atoms with Gasteiger partial charge in [-0.25, -0.2) is 0 Å². The molecule has 1 unspecified atom stereocenters. The predicted octanol–water partition coefficient (Wildman–Crippen LogP) is 4.66. The van der Waals surface area contributed by atoms with Crippen molar-refractivity contribution in [2.24, 2.45) is 5.41 Å². The maximum atomic E-state index is 5.70. The Labute approximate surface area is 122 Å². The summed E-state index contributed by atoms with van der Waals surface area (Å²) in [5, 5.41) is 0. The lowest BCUT2D eigenvalue weighted by Gasteiger charge is -2.25. The van der Waals surface area contributed by atoms with Gasteiger partial charge in [-0.2, -0.15) is 0 Å². The van der Waals surface area contributed by atoms with E-state index in [4.69, 9.17) is 9.47 Å². The molecule has 0 N–H and O–H groups in total. The third kappa shape index (κ3) is 4.11. The van der Waals surface area contributed by atoms with E-state index in [1.807, 2.05) is 12.3 Å². The summed E-state index contributed by atoms with van der Waals surface area (Å²) in [6, 6.07) is 10.4. The lowest BCUT2D eigenvalue weighted by molar-refractivity contribution is 0.132. The lowest BCUT2D eigenvalue weighted by Crippen LogP contribution is -2.20. The second-order valence-corrected chi connectivity index (χ2v) is 5.80. The molecule has 1 aliphatic heterocycles. The number of ether oxygens (including phenoxy) is 2. The highest BCUT2D eigenvalue weighted by Crippen LogP contribution is 2.36. The topological polar surface area (TPSA) is 18.5 Å². The highest BCUT2D eigenvalue weighted by molar-refractivity contribution is 5.62. The number of benzene rings is 1. The minimum Gasteiger partial charge on any atom is -0.501 e. The molecule has 1 aliphatic rings. The highest BCUT2D eigenvalue weighted by Gasteiger charge is 2.32. The fraction of sp³-hybridized carbons (Fsp3) is 0.556. The van der Waals surface area contributed by atoms with Gasteiger partial charge in [0.15, 0.2) is 0 Å². The molecule has 1 fully saturated rings. The first-order valence-electron chi connectivity index (χ1n) is 7.67. The van der Waals surface area contributed by atoms with Crippen molar-refractivity contribution in [3.63, 3.8) is 0 Å². The van der Waals surface area contributed by atoms with Gasteiger partial charge in [-0.05, 0) is 49.2 Å². The Morgan fingerprint density at radius 3 is 2.80 bits per heavy atom. The molecule has 1 atom stereocenters. The van der Waals surface area contributed by atoms with E-state index in [-0.39, 0.29) is 0 Å². The Hall–Kier alpha value is -1.28. The molecule has 20 heavy (non-hydrogen) atoms. The summed E-state index contributed by atoms with van der Waals surface area (Å²) in [4.78, 5) is 0. The van der Waals surface area contributed by atoms with Crippen molar-refractivity contribution in [3.05, 3.63) is 42.2 Å². The average Bonchev–Trinajstić information content (AvgIpc) is 2.97. The van der Waals surface area contributed by atoms with Gasteiger partial charge >= 0.3 is 0 Å². The van der Waals surface area contributed by atoms with E-state index in [1.165, 1.54) is 30.4 Å². The van der Waals surface area contributed by atoms with Crippen molar-refractivity contribution >= 4 is 5.57 Å². The van der Waals surface area contributed by atoms with Crippen LogP contribution < -0.4 is 0 Å². The Balaban J connectivity index is 1.71. The SMILES string of the molecule is CCC1(CCCO/C=C(/C)c2ccccc2)CCOC1. The van der Waals surface area contributed by atoms with Crippen molar-refractivity contribution < 1.29 is 9.47 Å². The van der Waals surface area contributed by atoms with Gasteiger partial charge in [0.1, 0.15) is 0 Å². The Morgan fingerprint density at radius 2 is 2.15 bits per heavy atom. The molecule has 110 valence electrons. The van der Waals surface area contributed by atoms with Gasteiger partial charge < -0.3 is 9.47 Å². The van der Waals surface area contributed by atoms with Crippen molar-refractivity contribution in [2.45, 2.75) is 39.5 Å². The van der Waals surface area contributed by atoms with Crippen LogP contribution in [0.5, 0.6) is 0 Å². The monoisotopic (exact) mass is 274 g/mol. The van der Waals surface area contributed by atoms with Crippen molar-refractivity contribution in [3.8, 4) is 0 Å². The van der Waals surface area contributed by atoms with Crippen LogP contribution in [0.3, 0.4) is 0 Å². The third-order valence-electron chi connectivity index (χ3n) is 4.39. The minimum atomic E-state index is 0.418. The number of hydrogen-bond acceptors (Lipinski definition) is 2. The molecule has 0 radical (unpaired) electrons. The number of hydrogen-bond donors (Lipinski definition) is 0. The van der Waals surface area contributed by atoms with E-state index >= 15 is 0 Å². The van der Waals surface area contributed by atoms with Gasteiger partial charge in [0.25, 0.3) is 0 Å². The summed E-state index contributed by atoms with van der Waals surface area (Å²) in [6.07, 6.45) is 6.63. The Morgan fingerprint density at radius 1 is 1.35 bits per heavy atom. The Kier molecular flexibility index (Phi) is 5.66. The molecule has 1 heterocycles. The molecule has 0 saturated carbocycles. The lowest BCUT2D eigenvalue weighted by atomic mass is 9.80. The largest absolute Gasteiger partial charge is 0.501 e. The zero-order chi connectivity index (χ0) is 14.3. The van der Waals surface area contributed by atoms with Crippen LogP contribution in [0.2, 0.25) is 0 Å². The Bertz CT molecular complexity index is 416. The molecule has 1 aromatic carbocycles. The molecule has 0 amide bonds. The summed E-state index contributed by atoms with van der Waals surface area (Å²) in [6.45, 7) is 7.03. The van der Waals surface area contributed by atoms with Gasteiger partial charge in [0, 0.05) is 6.61 Å². The van der Waals surface area contributed by atoms with E-state index in [0.29, 0.717) is 5.41 Å². The van der Waals surface area contributed by atoms with Crippen LogP contribution in [-0.2, 0) is 9.47 Å². The maximum absolute atomic E-state index is 5.70. The second-order valence-electron chi connectivity index (χ2n) is 5.80. The third-order valence-corrected chi connectivity index (χ3v) is 4.39. The molecular weight excluding hydrogens is 248 g/mol. The quantitative estimate of drug-likeness (QED) is 0.532. The fourth-order valence-electron chi connectivity index (χ4n) is 2.79. The molecule has 1 saturated heterocycles. The summed E-state index contributed by atoms with van der Waals surface area (Å²) in [5.41, 5.74) is 2.82. The molecule has 0 spiro atoms. The summed E-state index contributed by atoms with van der Waals surface area (Å²) < 4.78 is 11.2. The van der Waals surface area contributed by atoms with E-state index in [1.54, 1.807) is 0 Å². The summed E-state index contributed by atoms with van der Waals surface area (Å²) in [5.74, 6) is 0. The average molecular weight is 274 g/mol. The van der Waals surface area contributed by atoms with Crippen molar-refractivity contribution in [1.29, 1.82) is 0 Å². The molecule has 1 aromatic rings. The molecular formula is C18H26O2. The normalized spacial score (nSPS) is 23.0.